The topological polar surface area (TPSA) is 57.5 Å². The molecule has 0 amide bonds. The molecule has 1 aromatic rings. The summed E-state index contributed by atoms with van der Waals surface area (Å²) in [5.74, 6) is -0.0191. The first-order valence-corrected chi connectivity index (χ1v) is 5.53. The molecule has 2 rings (SSSR count). The number of aromatic hydroxyl groups is 2. The molecule has 0 fully saturated rings. The van der Waals surface area contributed by atoms with Crippen molar-refractivity contribution in [3.63, 3.8) is 0 Å². The summed E-state index contributed by atoms with van der Waals surface area (Å²) < 4.78 is 0. The molecule has 0 bridgehead atoms. The zero-order valence-electron chi connectivity index (χ0n) is 9.55. The van der Waals surface area contributed by atoms with Crippen molar-refractivity contribution >= 4 is 5.78 Å². The van der Waals surface area contributed by atoms with Crippen LogP contribution in [0.2, 0.25) is 0 Å². The van der Waals surface area contributed by atoms with Gasteiger partial charge in [0.1, 0.15) is 11.5 Å². The minimum absolute atomic E-state index is 0.0548. The van der Waals surface area contributed by atoms with E-state index in [1.54, 1.807) is 6.08 Å². The van der Waals surface area contributed by atoms with Crippen molar-refractivity contribution in [2.45, 2.75) is 13.3 Å². The first-order valence-electron chi connectivity index (χ1n) is 5.53. The highest BCUT2D eigenvalue weighted by molar-refractivity contribution is 6.12. The number of rotatable bonds is 2. The summed E-state index contributed by atoms with van der Waals surface area (Å²) in [5, 5.41) is 18.8. The van der Waals surface area contributed by atoms with E-state index in [4.69, 9.17) is 5.11 Å². The minimum atomic E-state index is -0.217. The predicted octanol–water partition coefficient (Wildman–Crippen LogP) is 2.80. The lowest BCUT2D eigenvalue weighted by atomic mass is 9.93. The van der Waals surface area contributed by atoms with Crippen molar-refractivity contribution in [3.8, 4) is 11.5 Å². The van der Waals surface area contributed by atoms with Gasteiger partial charge in [-0.2, -0.15) is 0 Å². The lowest BCUT2D eigenvalue weighted by Crippen LogP contribution is -2.05. The van der Waals surface area contributed by atoms with Gasteiger partial charge >= 0.3 is 0 Å². The summed E-state index contributed by atoms with van der Waals surface area (Å²) in [6, 6.07) is 3.99. The maximum Gasteiger partial charge on any atom is 0.196 e. The number of phenols is 2. The Balaban J connectivity index is 2.29. The molecule has 0 saturated carbocycles. The molecule has 0 spiro atoms. The molecule has 1 aliphatic carbocycles. The van der Waals surface area contributed by atoms with Crippen LogP contribution in [-0.4, -0.2) is 16.0 Å². The molecule has 3 heteroatoms. The van der Waals surface area contributed by atoms with E-state index >= 15 is 0 Å². The molecule has 0 aromatic heterocycles. The van der Waals surface area contributed by atoms with Gasteiger partial charge in [0.25, 0.3) is 0 Å². The lowest BCUT2D eigenvalue weighted by molar-refractivity contribution is 0.103. The fraction of sp³-hybridized carbons (Fsp3) is 0.214. The molecule has 3 nitrogen and oxygen atoms in total. The quantitative estimate of drug-likeness (QED) is 0.768. The van der Waals surface area contributed by atoms with Crippen LogP contribution in [0.1, 0.15) is 23.7 Å². The molecule has 0 heterocycles. The monoisotopic (exact) mass is 230 g/mol. The number of hydrogen-bond acceptors (Lipinski definition) is 3. The highest BCUT2D eigenvalue weighted by Gasteiger charge is 2.16. The number of phenolic OH excluding ortho intramolecular Hbond substituents is 2. The third kappa shape index (κ3) is 2.38. The molecular weight excluding hydrogens is 216 g/mol. The van der Waals surface area contributed by atoms with E-state index in [1.807, 2.05) is 12.2 Å². The Labute approximate surface area is 99.7 Å². The summed E-state index contributed by atoms with van der Waals surface area (Å²) in [5.41, 5.74) is 0.803. The van der Waals surface area contributed by atoms with E-state index < -0.39 is 0 Å². The Morgan fingerprint density at radius 3 is 2.71 bits per heavy atom. The van der Waals surface area contributed by atoms with Gasteiger partial charge in [-0.3, -0.25) is 4.79 Å². The maximum atomic E-state index is 12.1. The van der Waals surface area contributed by atoms with Gasteiger partial charge in [-0.1, -0.05) is 25.2 Å². The molecule has 17 heavy (non-hydrogen) atoms. The second kappa shape index (κ2) is 4.45. The fourth-order valence-corrected chi connectivity index (χ4v) is 1.76. The van der Waals surface area contributed by atoms with E-state index in [0.29, 0.717) is 11.5 Å². The van der Waals surface area contributed by atoms with E-state index in [2.05, 4.69) is 6.92 Å². The van der Waals surface area contributed by atoms with Gasteiger partial charge in [0.05, 0.1) is 5.56 Å². The van der Waals surface area contributed by atoms with Gasteiger partial charge in [-0.25, -0.2) is 0 Å². The average Bonchev–Trinajstić information content (AvgIpc) is 2.29. The summed E-state index contributed by atoms with van der Waals surface area (Å²) in [6.45, 7) is 2.08. The average molecular weight is 230 g/mol. The highest BCUT2D eigenvalue weighted by Crippen LogP contribution is 2.27. The number of carbonyl (C=O) groups is 1. The van der Waals surface area contributed by atoms with Gasteiger partial charge in [-0.15, -0.1) is 0 Å². The third-order valence-electron chi connectivity index (χ3n) is 2.80. The Kier molecular flexibility index (Phi) is 3.00. The SMILES string of the molecule is CC1C=CC(C(=O)c2ccc(O)cc2O)=CC1. The first kappa shape index (κ1) is 11.5. The van der Waals surface area contributed by atoms with Crippen LogP contribution in [0.25, 0.3) is 0 Å². The molecule has 0 radical (unpaired) electrons. The van der Waals surface area contributed by atoms with Crippen molar-refractivity contribution in [2.75, 3.05) is 0 Å². The van der Waals surface area contributed by atoms with Crippen LogP contribution < -0.4 is 0 Å². The van der Waals surface area contributed by atoms with E-state index in [9.17, 15) is 9.90 Å². The summed E-state index contributed by atoms with van der Waals surface area (Å²) in [6.07, 6.45) is 6.46. The maximum absolute atomic E-state index is 12.1. The largest absolute Gasteiger partial charge is 0.508 e. The predicted molar refractivity (Wildman–Crippen MR) is 65.1 cm³/mol. The number of Topliss-reactive ketones (excluding diaryl/α,β-unsaturated/α-hetero) is 1. The van der Waals surface area contributed by atoms with Crippen LogP contribution >= 0.6 is 0 Å². The summed E-state index contributed by atoms with van der Waals surface area (Å²) in [7, 11) is 0. The number of allylic oxidation sites excluding steroid dienone is 4. The lowest BCUT2D eigenvalue weighted by Gasteiger charge is -2.11. The standard InChI is InChI=1S/C14H14O3/c1-9-2-4-10(5-3-9)14(17)12-7-6-11(15)8-13(12)16/h2,4-9,15-16H,3H2,1H3. The number of hydrogen-bond donors (Lipinski definition) is 2. The Hall–Kier alpha value is -2.03. The number of benzene rings is 1. The number of ketones is 1. The van der Waals surface area contributed by atoms with E-state index in [1.165, 1.54) is 18.2 Å². The van der Waals surface area contributed by atoms with Gasteiger partial charge < -0.3 is 10.2 Å². The van der Waals surface area contributed by atoms with Crippen LogP contribution in [0, 0.1) is 5.92 Å². The van der Waals surface area contributed by atoms with Crippen LogP contribution in [-0.2, 0) is 0 Å². The normalized spacial score (nSPS) is 18.9. The Bertz CT molecular complexity index is 512. The molecule has 1 aliphatic rings. The molecule has 2 N–H and O–H groups in total. The molecule has 0 aliphatic heterocycles. The first-order chi connectivity index (χ1) is 8.08. The smallest absolute Gasteiger partial charge is 0.196 e. The number of carbonyl (C=O) groups excluding carboxylic acids is 1. The van der Waals surface area contributed by atoms with E-state index in [-0.39, 0.29) is 22.8 Å². The van der Waals surface area contributed by atoms with Crippen molar-refractivity contribution in [2.24, 2.45) is 5.92 Å². The van der Waals surface area contributed by atoms with Crippen LogP contribution in [0.15, 0.2) is 42.0 Å². The van der Waals surface area contributed by atoms with Gasteiger partial charge in [-0.05, 0) is 24.5 Å². The molecule has 1 unspecified atom stereocenters. The van der Waals surface area contributed by atoms with Crippen molar-refractivity contribution in [1.82, 2.24) is 0 Å². The molecule has 1 atom stereocenters. The second-order valence-corrected chi connectivity index (χ2v) is 4.26. The molecule has 88 valence electrons. The Morgan fingerprint density at radius 1 is 1.35 bits per heavy atom. The van der Waals surface area contributed by atoms with Gasteiger partial charge in [0, 0.05) is 11.6 Å². The van der Waals surface area contributed by atoms with Gasteiger partial charge in [0.15, 0.2) is 5.78 Å². The van der Waals surface area contributed by atoms with Crippen LogP contribution in [0.3, 0.4) is 0 Å². The van der Waals surface area contributed by atoms with Gasteiger partial charge in [0.2, 0.25) is 0 Å². The van der Waals surface area contributed by atoms with Crippen LogP contribution in [0.5, 0.6) is 11.5 Å². The highest BCUT2D eigenvalue weighted by atomic mass is 16.3. The van der Waals surface area contributed by atoms with Crippen LogP contribution in [0.4, 0.5) is 0 Å². The zero-order chi connectivity index (χ0) is 12.4. The molecule has 0 saturated heterocycles. The summed E-state index contributed by atoms with van der Waals surface area (Å²) >= 11 is 0. The zero-order valence-corrected chi connectivity index (χ0v) is 9.55. The van der Waals surface area contributed by atoms with Crippen molar-refractivity contribution in [3.05, 3.63) is 47.6 Å². The van der Waals surface area contributed by atoms with E-state index in [0.717, 1.165) is 6.42 Å². The molecule has 1 aromatic carbocycles. The van der Waals surface area contributed by atoms with Crippen molar-refractivity contribution < 1.29 is 15.0 Å². The molecular formula is C14H14O3. The third-order valence-corrected chi connectivity index (χ3v) is 2.80. The minimum Gasteiger partial charge on any atom is -0.508 e. The fourth-order valence-electron chi connectivity index (χ4n) is 1.76. The second-order valence-electron chi connectivity index (χ2n) is 4.26. The summed E-state index contributed by atoms with van der Waals surface area (Å²) in [4.78, 5) is 12.1. The Morgan fingerprint density at radius 2 is 2.12 bits per heavy atom. The van der Waals surface area contributed by atoms with Crippen molar-refractivity contribution in [1.29, 1.82) is 0 Å².